The van der Waals surface area contributed by atoms with Crippen molar-refractivity contribution in [3.05, 3.63) is 73.6 Å². The Morgan fingerprint density at radius 2 is 0.562 bits per heavy atom. The Hall–Kier alpha value is -1.63. The summed E-state index contributed by atoms with van der Waals surface area (Å²) < 4.78 is 0. The monoisotopic (exact) mass is 250 g/mol. The molecule has 0 aliphatic heterocycles. The Balaban J connectivity index is 0.000000205. The van der Waals surface area contributed by atoms with Crippen molar-refractivity contribution in [2.24, 2.45) is 0 Å². The van der Waals surface area contributed by atoms with Gasteiger partial charge in [-0.2, -0.15) is 37.2 Å². The Morgan fingerprint density at radius 1 is 0.375 bits per heavy atom. The van der Waals surface area contributed by atoms with Gasteiger partial charge in [-0.05, 0) is 0 Å². The van der Waals surface area contributed by atoms with Crippen molar-refractivity contribution in [3.8, 4) is 0 Å². The molecule has 3 aromatic rings. The Bertz CT molecular complexity index is 248. The fourth-order valence-electron chi connectivity index (χ4n) is 0.745. The van der Waals surface area contributed by atoms with Crippen molar-refractivity contribution in [2.45, 2.75) is 0 Å². The van der Waals surface area contributed by atoms with E-state index in [9.17, 15) is 0 Å². The van der Waals surface area contributed by atoms with Crippen LogP contribution in [0.1, 0.15) is 0 Å². The molecule has 0 unspecified atom stereocenters. The molecule has 3 heterocycles. The van der Waals surface area contributed by atoms with Crippen molar-refractivity contribution >= 4 is 0 Å². The van der Waals surface area contributed by atoms with E-state index >= 15 is 0 Å². The number of rotatable bonds is 0. The molecule has 0 aliphatic carbocycles. The minimum atomic E-state index is 0. The van der Waals surface area contributed by atoms with Gasteiger partial charge in [0.05, 0.1) is 0 Å². The molecule has 0 bridgehead atoms. The quantitative estimate of drug-likeness (QED) is 0.612. The molecule has 3 nitrogen and oxygen atoms in total. The molecule has 3 rings (SSSR count). The van der Waals surface area contributed by atoms with Gasteiger partial charge in [-0.3, -0.25) is 0 Å². The van der Waals surface area contributed by atoms with Crippen LogP contribution >= 0.6 is 0 Å². The summed E-state index contributed by atoms with van der Waals surface area (Å²) in [7, 11) is 0. The molecule has 0 saturated heterocycles. The average Bonchev–Trinajstić information content (AvgIpc) is 3.09. The summed E-state index contributed by atoms with van der Waals surface area (Å²) in [6.07, 6.45) is 10.5. The van der Waals surface area contributed by atoms with E-state index in [1.807, 2.05) is 36.4 Å². The molecule has 81 valence electrons. The van der Waals surface area contributed by atoms with E-state index in [1.165, 1.54) is 0 Å². The first-order valence-corrected chi connectivity index (χ1v) is 4.55. The molecule has 0 amide bonds. The van der Waals surface area contributed by atoms with Gasteiger partial charge in [0.2, 0.25) is 0 Å². The van der Waals surface area contributed by atoms with E-state index in [0.29, 0.717) is 0 Å². The standard InChI is InChI=1S/3C4H4N.Cr/c3*1-2-4-5-3-1;/h3*1-4H;/q3*-1;+3. The van der Waals surface area contributed by atoms with Crippen LogP contribution in [-0.4, -0.2) is 0 Å². The predicted octanol–water partition coefficient (Wildman–Crippen LogP) is 1.93. The molecular formula is C12H12CrN3. The second-order valence-corrected chi connectivity index (χ2v) is 2.50. The van der Waals surface area contributed by atoms with Crippen molar-refractivity contribution < 1.29 is 17.4 Å². The van der Waals surface area contributed by atoms with Crippen molar-refractivity contribution in [2.75, 3.05) is 0 Å². The Morgan fingerprint density at radius 3 is 0.625 bits per heavy atom. The molecule has 0 N–H and O–H groups in total. The molecule has 0 atom stereocenters. The third-order valence-electron chi connectivity index (χ3n) is 1.37. The minimum Gasteiger partial charge on any atom is -0.670 e. The van der Waals surface area contributed by atoms with Crippen LogP contribution in [0.15, 0.2) is 73.6 Å². The summed E-state index contributed by atoms with van der Waals surface area (Å²) in [4.78, 5) is 11.2. The maximum atomic E-state index is 3.72. The number of hydrogen-bond acceptors (Lipinski definition) is 0. The van der Waals surface area contributed by atoms with Crippen LogP contribution in [-0.2, 0) is 17.4 Å². The Kier molecular flexibility index (Phi) is 10.3. The molecule has 0 fully saturated rings. The number of nitrogens with zero attached hydrogens (tertiary/aromatic N) is 3. The normalized spacial score (nSPS) is 7.50. The number of aromatic nitrogens is 3. The molecular weight excluding hydrogens is 238 g/mol. The molecule has 0 spiro atoms. The van der Waals surface area contributed by atoms with Crippen LogP contribution in [0, 0.1) is 0 Å². The molecule has 1 radical (unpaired) electrons. The van der Waals surface area contributed by atoms with Gasteiger partial charge in [0.25, 0.3) is 0 Å². The fourth-order valence-corrected chi connectivity index (χ4v) is 0.745. The molecule has 3 aromatic heterocycles. The number of hydrogen-bond donors (Lipinski definition) is 0. The molecule has 16 heavy (non-hydrogen) atoms. The van der Waals surface area contributed by atoms with Gasteiger partial charge < -0.3 is 15.0 Å². The molecule has 0 aromatic carbocycles. The topological polar surface area (TPSA) is 42.3 Å². The smallest absolute Gasteiger partial charge is 0.670 e. The van der Waals surface area contributed by atoms with E-state index in [-0.39, 0.29) is 17.4 Å². The van der Waals surface area contributed by atoms with Gasteiger partial charge in [0.1, 0.15) is 0 Å². The Labute approximate surface area is 106 Å². The van der Waals surface area contributed by atoms with E-state index in [4.69, 9.17) is 0 Å². The van der Waals surface area contributed by atoms with E-state index in [1.54, 1.807) is 37.2 Å². The third kappa shape index (κ3) is 8.95. The first-order chi connectivity index (χ1) is 7.50. The zero-order chi connectivity index (χ0) is 10.6. The van der Waals surface area contributed by atoms with Gasteiger partial charge in [0, 0.05) is 0 Å². The van der Waals surface area contributed by atoms with Crippen LogP contribution < -0.4 is 15.0 Å². The third-order valence-corrected chi connectivity index (χ3v) is 1.37. The maximum Gasteiger partial charge on any atom is 3.00 e. The second-order valence-electron chi connectivity index (χ2n) is 2.50. The second kappa shape index (κ2) is 11.4. The van der Waals surface area contributed by atoms with Gasteiger partial charge in [-0.25, -0.2) is 0 Å². The summed E-state index contributed by atoms with van der Waals surface area (Å²) >= 11 is 0. The van der Waals surface area contributed by atoms with E-state index in [0.717, 1.165) is 0 Å². The minimum absolute atomic E-state index is 0. The summed E-state index contributed by atoms with van der Waals surface area (Å²) in [5.74, 6) is 0. The SMILES string of the molecule is [Cr+3].c1cc[n-]c1.c1cc[n-]c1.c1cc[n-]c1. The van der Waals surface area contributed by atoms with Crippen molar-refractivity contribution in [1.29, 1.82) is 0 Å². The van der Waals surface area contributed by atoms with Gasteiger partial charge in [0.15, 0.2) is 0 Å². The molecule has 0 saturated carbocycles. The van der Waals surface area contributed by atoms with E-state index < -0.39 is 0 Å². The van der Waals surface area contributed by atoms with Crippen LogP contribution in [0.25, 0.3) is 0 Å². The first kappa shape index (κ1) is 14.4. The summed E-state index contributed by atoms with van der Waals surface area (Å²) in [6.45, 7) is 0. The van der Waals surface area contributed by atoms with E-state index in [2.05, 4.69) is 15.0 Å². The van der Waals surface area contributed by atoms with Gasteiger partial charge in [-0.1, -0.05) is 36.4 Å². The van der Waals surface area contributed by atoms with Crippen LogP contribution in [0.5, 0.6) is 0 Å². The average molecular weight is 250 g/mol. The van der Waals surface area contributed by atoms with Crippen LogP contribution in [0.2, 0.25) is 0 Å². The maximum absolute atomic E-state index is 3.72. The van der Waals surface area contributed by atoms with Crippen LogP contribution in [0.4, 0.5) is 0 Å². The zero-order valence-electron chi connectivity index (χ0n) is 8.68. The first-order valence-electron chi connectivity index (χ1n) is 4.55. The molecule has 4 heteroatoms. The fraction of sp³-hybridized carbons (Fsp3) is 0. The summed E-state index contributed by atoms with van der Waals surface area (Å²) in [5.41, 5.74) is 0. The van der Waals surface area contributed by atoms with Crippen molar-refractivity contribution in [3.63, 3.8) is 0 Å². The predicted molar refractivity (Wildman–Crippen MR) is 59.3 cm³/mol. The van der Waals surface area contributed by atoms with Crippen LogP contribution in [0.3, 0.4) is 0 Å². The van der Waals surface area contributed by atoms with Crippen molar-refractivity contribution in [1.82, 2.24) is 15.0 Å². The summed E-state index contributed by atoms with van der Waals surface area (Å²) in [5, 5.41) is 0. The zero-order valence-corrected chi connectivity index (χ0v) is 9.95. The largest absolute Gasteiger partial charge is 3.00 e. The summed E-state index contributed by atoms with van der Waals surface area (Å²) in [6, 6.07) is 11.3. The van der Waals surface area contributed by atoms with Gasteiger partial charge >= 0.3 is 17.4 Å². The molecule has 0 aliphatic rings. The van der Waals surface area contributed by atoms with Gasteiger partial charge in [-0.15, -0.1) is 0 Å².